The van der Waals surface area contributed by atoms with Crippen molar-refractivity contribution in [1.82, 2.24) is 0 Å². The normalized spacial score (nSPS) is 22.8. The van der Waals surface area contributed by atoms with Gasteiger partial charge >= 0.3 is 0 Å². The van der Waals surface area contributed by atoms with Gasteiger partial charge in [0.25, 0.3) is 0 Å². The highest BCUT2D eigenvalue weighted by Crippen LogP contribution is 2.55. The van der Waals surface area contributed by atoms with Crippen molar-refractivity contribution in [2.24, 2.45) is 34.5 Å². The van der Waals surface area contributed by atoms with Gasteiger partial charge < -0.3 is 5.11 Å². The van der Waals surface area contributed by atoms with Crippen molar-refractivity contribution in [2.45, 2.75) is 259 Å². The molecule has 0 heterocycles. The van der Waals surface area contributed by atoms with Crippen LogP contribution in [-0.2, 0) is 0 Å². The zero-order valence-electron chi connectivity index (χ0n) is 38.8. The Labute approximate surface area is 352 Å². The first-order chi connectivity index (χ1) is 27.4. The quantitative estimate of drug-likeness (QED) is 0.0502. The minimum Gasteiger partial charge on any atom is -0.396 e. The lowest BCUT2D eigenvalue weighted by Gasteiger charge is -2.49. The summed E-state index contributed by atoms with van der Waals surface area (Å²) in [4.78, 5) is 0. The molecule has 0 aromatic rings. The van der Waals surface area contributed by atoms with Crippen LogP contribution in [0.4, 0.5) is 0 Å². The number of allylic oxidation sites excluding steroid dienone is 8. The highest BCUT2D eigenvalue weighted by molar-refractivity contribution is 4.95. The van der Waals surface area contributed by atoms with Gasteiger partial charge in [-0.15, -0.1) is 0 Å². The summed E-state index contributed by atoms with van der Waals surface area (Å²) in [6.45, 7) is 12.7. The van der Waals surface area contributed by atoms with Gasteiger partial charge in [0.05, 0.1) is 0 Å². The molecule has 1 nitrogen and oxygen atoms in total. The molecule has 56 heavy (non-hydrogen) atoms. The SMILES string of the molecule is CCCCC/C=C\C/C=C\CCCCCCCCC1(CCCCCCCC/C=C\C/C=C\CCCCC)CCC(C)(C[C@H]2C[C@@H](C)[C@@H](CCCO)C[C@@H]2C)CC1. The fraction of sp³-hybridized carbons (Fsp3) is 0.855. The number of aliphatic hydroxyl groups excluding tert-OH is 1. The van der Waals surface area contributed by atoms with Crippen molar-refractivity contribution in [3.63, 3.8) is 0 Å². The molecule has 2 rings (SSSR count). The molecule has 326 valence electrons. The second-order valence-electron chi connectivity index (χ2n) is 20.0. The Bertz CT molecular complexity index is 941. The van der Waals surface area contributed by atoms with E-state index in [1.807, 2.05) is 0 Å². The predicted molar refractivity (Wildman–Crippen MR) is 252 cm³/mol. The third kappa shape index (κ3) is 24.8. The van der Waals surface area contributed by atoms with Crippen molar-refractivity contribution in [2.75, 3.05) is 6.61 Å². The highest BCUT2D eigenvalue weighted by Gasteiger charge is 2.42. The molecule has 0 aliphatic heterocycles. The van der Waals surface area contributed by atoms with Crippen molar-refractivity contribution < 1.29 is 5.11 Å². The summed E-state index contributed by atoms with van der Waals surface area (Å²) in [6, 6.07) is 0. The zero-order valence-corrected chi connectivity index (χ0v) is 38.8. The van der Waals surface area contributed by atoms with Gasteiger partial charge in [-0.05, 0) is 169 Å². The van der Waals surface area contributed by atoms with Gasteiger partial charge in [0.1, 0.15) is 0 Å². The molecule has 0 aromatic carbocycles. The smallest absolute Gasteiger partial charge is 0.0431 e. The molecule has 0 unspecified atom stereocenters. The van der Waals surface area contributed by atoms with Crippen LogP contribution in [-0.4, -0.2) is 11.7 Å². The van der Waals surface area contributed by atoms with E-state index in [2.05, 4.69) is 83.2 Å². The molecule has 0 amide bonds. The third-order valence-electron chi connectivity index (χ3n) is 14.8. The topological polar surface area (TPSA) is 20.2 Å². The standard InChI is InChI=1S/C55H100O/c1-6-8-10-12-14-16-18-20-22-24-26-28-30-32-34-36-40-55(41-37-35-33-31-29-27-25-23-21-19-17-15-13-11-9-7-2)44-42-54(5,43-45-55)49-53-48-50(3)52(39-38-46-56)47-51(53)4/h14-17,20-23,50-53,56H,6-13,18-19,24-49H2,1-5H3/b16-14-,17-15-,22-20-,23-21-/t50-,51+,52+,53-/m1/s1. The Kier molecular flexibility index (Phi) is 30.7. The van der Waals surface area contributed by atoms with Crippen LogP contribution in [0, 0.1) is 34.5 Å². The molecule has 0 bridgehead atoms. The van der Waals surface area contributed by atoms with Crippen molar-refractivity contribution in [3.8, 4) is 0 Å². The summed E-state index contributed by atoms with van der Waals surface area (Å²) in [5.41, 5.74) is 1.18. The molecule has 2 fully saturated rings. The molecule has 0 saturated heterocycles. The van der Waals surface area contributed by atoms with E-state index in [0.717, 1.165) is 42.9 Å². The first kappa shape index (κ1) is 51.1. The van der Waals surface area contributed by atoms with Crippen molar-refractivity contribution >= 4 is 0 Å². The Morgan fingerprint density at radius 2 is 0.857 bits per heavy atom. The lowest BCUT2D eigenvalue weighted by Crippen LogP contribution is -2.37. The van der Waals surface area contributed by atoms with Gasteiger partial charge in [0.2, 0.25) is 0 Å². The van der Waals surface area contributed by atoms with Crippen LogP contribution in [0.15, 0.2) is 48.6 Å². The summed E-state index contributed by atoms with van der Waals surface area (Å²) in [5, 5.41) is 9.43. The summed E-state index contributed by atoms with van der Waals surface area (Å²) in [6.07, 6.45) is 67.1. The van der Waals surface area contributed by atoms with Crippen LogP contribution < -0.4 is 0 Å². The Hall–Kier alpha value is -1.08. The average Bonchev–Trinajstić information content (AvgIpc) is 3.19. The molecular weight excluding hydrogens is 677 g/mol. The largest absolute Gasteiger partial charge is 0.396 e. The molecule has 1 heteroatoms. The minimum atomic E-state index is 0.367. The highest BCUT2D eigenvalue weighted by atomic mass is 16.2. The van der Waals surface area contributed by atoms with E-state index in [-0.39, 0.29) is 0 Å². The van der Waals surface area contributed by atoms with E-state index in [1.165, 1.54) is 205 Å². The first-order valence-corrected chi connectivity index (χ1v) is 25.6. The van der Waals surface area contributed by atoms with E-state index < -0.39 is 0 Å². The Morgan fingerprint density at radius 3 is 1.30 bits per heavy atom. The molecule has 4 atom stereocenters. The third-order valence-corrected chi connectivity index (χ3v) is 14.8. The number of aliphatic hydroxyl groups is 1. The zero-order chi connectivity index (χ0) is 40.4. The van der Waals surface area contributed by atoms with Crippen LogP contribution in [0.25, 0.3) is 0 Å². The molecule has 0 aromatic heterocycles. The average molecular weight is 777 g/mol. The Morgan fingerprint density at radius 1 is 0.464 bits per heavy atom. The Balaban J connectivity index is 1.72. The van der Waals surface area contributed by atoms with Crippen molar-refractivity contribution in [3.05, 3.63) is 48.6 Å². The van der Waals surface area contributed by atoms with Gasteiger partial charge in [-0.1, -0.05) is 173 Å². The van der Waals surface area contributed by atoms with Crippen LogP contribution in [0.5, 0.6) is 0 Å². The van der Waals surface area contributed by atoms with Crippen LogP contribution >= 0.6 is 0 Å². The fourth-order valence-electron chi connectivity index (χ4n) is 10.7. The van der Waals surface area contributed by atoms with Gasteiger partial charge in [-0.2, -0.15) is 0 Å². The molecule has 2 aliphatic rings. The molecule has 2 saturated carbocycles. The van der Waals surface area contributed by atoms with E-state index in [1.54, 1.807) is 0 Å². The first-order valence-electron chi connectivity index (χ1n) is 25.6. The van der Waals surface area contributed by atoms with Crippen LogP contribution in [0.1, 0.15) is 259 Å². The molecule has 2 aliphatic carbocycles. The monoisotopic (exact) mass is 777 g/mol. The predicted octanol–water partition coefficient (Wildman–Crippen LogP) is 18.4. The minimum absolute atomic E-state index is 0.367. The summed E-state index contributed by atoms with van der Waals surface area (Å²) in [5.74, 6) is 3.44. The molecule has 0 spiro atoms. The maximum atomic E-state index is 9.43. The van der Waals surface area contributed by atoms with Gasteiger partial charge in [0.15, 0.2) is 0 Å². The van der Waals surface area contributed by atoms with Gasteiger partial charge in [-0.3, -0.25) is 0 Å². The van der Waals surface area contributed by atoms with E-state index in [0.29, 0.717) is 17.4 Å². The molecular formula is C55H100O. The van der Waals surface area contributed by atoms with Gasteiger partial charge in [0, 0.05) is 6.61 Å². The fourth-order valence-corrected chi connectivity index (χ4v) is 10.7. The summed E-state index contributed by atoms with van der Waals surface area (Å²) >= 11 is 0. The second-order valence-corrected chi connectivity index (χ2v) is 20.0. The van der Waals surface area contributed by atoms with E-state index in [4.69, 9.17) is 0 Å². The maximum Gasteiger partial charge on any atom is 0.0431 e. The lowest BCUT2D eigenvalue weighted by molar-refractivity contribution is 0.0237. The summed E-state index contributed by atoms with van der Waals surface area (Å²) < 4.78 is 0. The number of rotatable bonds is 35. The number of unbranched alkanes of at least 4 members (excludes halogenated alkanes) is 18. The van der Waals surface area contributed by atoms with Crippen LogP contribution in [0.3, 0.4) is 0 Å². The second kappa shape index (κ2) is 33.7. The molecule has 0 radical (unpaired) electrons. The number of hydrogen-bond acceptors (Lipinski definition) is 1. The number of hydrogen-bond donors (Lipinski definition) is 1. The summed E-state index contributed by atoms with van der Waals surface area (Å²) in [7, 11) is 0. The lowest BCUT2D eigenvalue weighted by atomic mass is 9.56. The van der Waals surface area contributed by atoms with E-state index in [9.17, 15) is 5.11 Å². The van der Waals surface area contributed by atoms with E-state index >= 15 is 0 Å². The van der Waals surface area contributed by atoms with Gasteiger partial charge in [-0.25, -0.2) is 0 Å². The maximum absolute atomic E-state index is 9.43. The van der Waals surface area contributed by atoms with Crippen LogP contribution in [0.2, 0.25) is 0 Å². The van der Waals surface area contributed by atoms with Crippen molar-refractivity contribution in [1.29, 1.82) is 0 Å². The molecule has 1 N–H and O–H groups in total.